The molecule has 0 aliphatic rings. The Balaban J connectivity index is 2.08. The van der Waals surface area contributed by atoms with Gasteiger partial charge in [-0.05, 0) is 24.3 Å². The van der Waals surface area contributed by atoms with Gasteiger partial charge < -0.3 is 14.8 Å². The minimum atomic E-state index is -0.387. The van der Waals surface area contributed by atoms with E-state index in [0.29, 0.717) is 24.7 Å². The Morgan fingerprint density at radius 1 is 1.14 bits per heavy atom. The fourth-order valence-electron chi connectivity index (χ4n) is 1.82. The van der Waals surface area contributed by atoms with Crippen molar-refractivity contribution in [1.29, 1.82) is 0 Å². The summed E-state index contributed by atoms with van der Waals surface area (Å²) in [5.74, 6) is 0.736. The predicted molar refractivity (Wildman–Crippen MR) is 81.5 cm³/mol. The van der Waals surface area contributed by atoms with Crippen LogP contribution in [0.3, 0.4) is 0 Å². The summed E-state index contributed by atoms with van der Waals surface area (Å²) in [5, 5.41) is 3.50. The van der Waals surface area contributed by atoms with E-state index in [1.54, 1.807) is 7.11 Å². The number of methoxy groups -OCH3 is 1. The molecule has 2 rings (SSSR count). The molecule has 3 nitrogen and oxygen atoms in total. The first-order valence-corrected chi connectivity index (χ1v) is 6.99. The van der Waals surface area contributed by atoms with Gasteiger partial charge in [0.25, 0.3) is 0 Å². The highest BCUT2D eigenvalue weighted by molar-refractivity contribution is 6.32. The fraction of sp³-hybridized carbons (Fsp3) is 0.250. The Morgan fingerprint density at radius 3 is 2.71 bits per heavy atom. The van der Waals surface area contributed by atoms with E-state index in [0.717, 1.165) is 12.1 Å². The Bertz CT molecular complexity index is 592. The van der Waals surface area contributed by atoms with Crippen molar-refractivity contribution in [3.8, 4) is 11.5 Å². The van der Waals surface area contributed by atoms with E-state index < -0.39 is 0 Å². The highest BCUT2D eigenvalue weighted by atomic mass is 35.5. The van der Waals surface area contributed by atoms with Crippen LogP contribution in [0.15, 0.2) is 42.5 Å². The first kappa shape index (κ1) is 15.8. The first-order chi connectivity index (χ1) is 10.2. The lowest BCUT2D eigenvalue weighted by Crippen LogP contribution is -2.18. The lowest BCUT2D eigenvalue weighted by atomic mass is 10.2. The molecule has 2 aromatic carbocycles. The van der Waals surface area contributed by atoms with Crippen LogP contribution < -0.4 is 10.1 Å². The molecule has 0 bridgehead atoms. The number of hydrogen-bond acceptors (Lipinski definition) is 3. The van der Waals surface area contributed by atoms with Gasteiger partial charge in [0, 0.05) is 25.8 Å². The van der Waals surface area contributed by atoms with Crippen molar-refractivity contribution < 1.29 is 13.9 Å². The fourth-order valence-corrected chi connectivity index (χ4v) is 2.03. The first-order valence-electron chi connectivity index (χ1n) is 6.61. The van der Waals surface area contributed by atoms with Gasteiger partial charge in [-0.1, -0.05) is 29.8 Å². The van der Waals surface area contributed by atoms with E-state index in [1.165, 1.54) is 18.2 Å². The van der Waals surface area contributed by atoms with Crippen molar-refractivity contribution in [2.75, 3.05) is 20.3 Å². The van der Waals surface area contributed by atoms with Gasteiger partial charge in [0.15, 0.2) is 0 Å². The molecule has 0 aromatic heterocycles. The van der Waals surface area contributed by atoms with Gasteiger partial charge in [0.1, 0.15) is 17.3 Å². The van der Waals surface area contributed by atoms with Gasteiger partial charge in [-0.3, -0.25) is 0 Å². The van der Waals surface area contributed by atoms with Crippen LogP contribution in [0.2, 0.25) is 5.02 Å². The van der Waals surface area contributed by atoms with Crippen LogP contribution in [0.1, 0.15) is 5.56 Å². The normalized spacial score (nSPS) is 10.6. The standard InChI is InChI=1S/C16H17ClFNO2/c1-20-9-8-19-11-12-4-2-3-5-15(12)21-16-7-6-13(18)10-14(16)17/h2-7,10,19H,8-9,11H2,1H3. The van der Waals surface area contributed by atoms with E-state index >= 15 is 0 Å². The second kappa shape index (κ2) is 7.98. The molecule has 0 spiro atoms. The maximum Gasteiger partial charge on any atom is 0.146 e. The van der Waals surface area contributed by atoms with Crippen LogP contribution in [0, 0.1) is 5.82 Å². The summed E-state index contributed by atoms with van der Waals surface area (Å²) in [6, 6.07) is 11.7. The SMILES string of the molecule is COCCNCc1ccccc1Oc1ccc(F)cc1Cl. The zero-order valence-corrected chi connectivity index (χ0v) is 12.5. The summed E-state index contributed by atoms with van der Waals surface area (Å²) >= 11 is 5.98. The second-order valence-corrected chi connectivity index (χ2v) is 4.86. The maximum absolute atomic E-state index is 13.0. The average Bonchev–Trinajstić information content (AvgIpc) is 2.48. The van der Waals surface area contributed by atoms with E-state index in [1.807, 2.05) is 24.3 Å². The number of nitrogens with one attached hydrogen (secondary N) is 1. The number of benzene rings is 2. The van der Waals surface area contributed by atoms with Gasteiger partial charge in [-0.15, -0.1) is 0 Å². The third kappa shape index (κ3) is 4.70. The van der Waals surface area contributed by atoms with Gasteiger partial charge in [-0.25, -0.2) is 4.39 Å². The number of rotatable bonds is 7. The molecule has 2 aromatic rings. The van der Waals surface area contributed by atoms with Crippen molar-refractivity contribution in [3.63, 3.8) is 0 Å². The molecule has 0 amide bonds. The molecule has 21 heavy (non-hydrogen) atoms. The number of halogens is 2. The van der Waals surface area contributed by atoms with Crippen molar-refractivity contribution >= 4 is 11.6 Å². The summed E-state index contributed by atoms with van der Waals surface area (Å²) in [6.45, 7) is 2.05. The molecular formula is C16H17ClFNO2. The summed E-state index contributed by atoms with van der Waals surface area (Å²) in [4.78, 5) is 0. The maximum atomic E-state index is 13.0. The molecule has 0 heterocycles. The highest BCUT2D eigenvalue weighted by Crippen LogP contribution is 2.31. The zero-order chi connectivity index (χ0) is 15.1. The molecule has 112 valence electrons. The minimum absolute atomic E-state index is 0.247. The van der Waals surface area contributed by atoms with Crippen LogP contribution >= 0.6 is 11.6 Å². The van der Waals surface area contributed by atoms with Gasteiger partial charge >= 0.3 is 0 Å². The molecule has 0 radical (unpaired) electrons. The van der Waals surface area contributed by atoms with Crippen molar-refractivity contribution in [1.82, 2.24) is 5.32 Å². The highest BCUT2D eigenvalue weighted by Gasteiger charge is 2.08. The largest absolute Gasteiger partial charge is 0.455 e. The molecule has 0 fully saturated rings. The molecule has 0 saturated heterocycles. The zero-order valence-electron chi connectivity index (χ0n) is 11.7. The van der Waals surface area contributed by atoms with Crippen LogP contribution in [-0.4, -0.2) is 20.3 Å². The topological polar surface area (TPSA) is 30.5 Å². The molecule has 0 aliphatic carbocycles. The predicted octanol–water partition coefficient (Wildman–Crippen LogP) is 4.01. The Morgan fingerprint density at radius 2 is 1.95 bits per heavy atom. The second-order valence-electron chi connectivity index (χ2n) is 4.45. The van der Waals surface area contributed by atoms with Gasteiger partial charge in [0.2, 0.25) is 0 Å². The summed E-state index contributed by atoms with van der Waals surface area (Å²) in [5.41, 5.74) is 0.994. The van der Waals surface area contributed by atoms with Crippen LogP contribution in [0.5, 0.6) is 11.5 Å². The Hall–Kier alpha value is -1.62. The summed E-state index contributed by atoms with van der Waals surface area (Å²) < 4.78 is 23.8. The average molecular weight is 310 g/mol. The lowest BCUT2D eigenvalue weighted by molar-refractivity contribution is 0.199. The minimum Gasteiger partial charge on any atom is -0.455 e. The number of hydrogen-bond donors (Lipinski definition) is 1. The monoisotopic (exact) mass is 309 g/mol. The number of para-hydroxylation sites is 1. The molecule has 0 aliphatic heterocycles. The Kier molecular flexibility index (Phi) is 5.99. The van der Waals surface area contributed by atoms with Crippen LogP contribution in [0.25, 0.3) is 0 Å². The molecule has 0 unspecified atom stereocenters. The smallest absolute Gasteiger partial charge is 0.146 e. The van der Waals surface area contributed by atoms with E-state index in [4.69, 9.17) is 21.1 Å². The number of ether oxygens (including phenoxy) is 2. The van der Waals surface area contributed by atoms with Gasteiger partial charge in [0.05, 0.1) is 11.6 Å². The van der Waals surface area contributed by atoms with E-state index in [2.05, 4.69) is 5.32 Å². The lowest BCUT2D eigenvalue weighted by Gasteiger charge is -2.12. The summed E-state index contributed by atoms with van der Waals surface area (Å²) in [6.07, 6.45) is 0. The molecular weight excluding hydrogens is 293 g/mol. The quantitative estimate of drug-likeness (QED) is 0.784. The summed E-state index contributed by atoms with van der Waals surface area (Å²) in [7, 11) is 1.66. The van der Waals surface area contributed by atoms with Crippen molar-refractivity contribution in [2.45, 2.75) is 6.54 Å². The molecule has 0 atom stereocenters. The third-order valence-electron chi connectivity index (χ3n) is 2.88. The molecule has 1 N–H and O–H groups in total. The molecule has 5 heteroatoms. The molecule has 0 saturated carbocycles. The van der Waals surface area contributed by atoms with E-state index in [-0.39, 0.29) is 10.8 Å². The van der Waals surface area contributed by atoms with Gasteiger partial charge in [-0.2, -0.15) is 0 Å². The van der Waals surface area contributed by atoms with Crippen molar-refractivity contribution in [2.24, 2.45) is 0 Å². The third-order valence-corrected chi connectivity index (χ3v) is 3.18. The van der Waals surface area contributed by atoms with Crippen LogP contribution in [-0.2, 0) is 11.3 Å². The van der Waals surface area contributed by atoms with E-state index in [9.17, 15) is 4.39 Å². The van der Waals surface area contributed by atoms with Crippen LogP contribution in [0.4, 0.5) is 4.39 Å². The van der Waals surface area contributed by atoms with Crippen molar-refractivity contribution in [3.05, 3.63) is 58.9 Å². The Labute approximate surface area is 128 Å².